The molecule has 0 aliphatic rings. The molecule has 1 aromatic heterocycles. The average Bonchev–Trinajstić information content (AvgIpc) is 2.02. The zero-order chi connectivity index (χ0) is 10.9. The second-order valence-corrected chi connectivity index (χ2v) is 2.96. The van der Waals surface area contributed by atoms with Crippen molar-refractivity contribution in [1.29, 1.82) is 0 Å². The highest BCUT2D eigenvalue weighted by atomic mass is 19.3. The van der Waals surface area contributed by atoms with Crippen LogP contribution in [0.5, 0.6) is 0 Å². The van der Waals surface area contributed by atoms with Crippen LogP contribution in [0.2, 0.25) is 0 Å². The molecule has 1 aromatic rings. The number of alkyl halides is 2. The molecule has 0 spiro atoms. The minimum Gasteiger partial charge on any atom is -0.366 e. The molecule has 3 nitrogen and oxygen atoms in total. The maximum atomic E-state index is 12.4. The van der Waals surface area contributed by atoms with Gasteiger partial charge in [0.1, 0.15) is 0 Å². The van der Waals surface area contributed by atoms with Crippen LogP contribution in [-0.4, -0.2) is 10.9 Å². The van der Waals surface area contributed by atoms with Crippen LogP contribution >= 0.6 is 0 Å². The topological polar surface area (TPSA) is 56.0 Å². The van der Waals surface area contributed by atoms with Gasteiger partial charge in [0, 0.05) is 11.8 Å². The van der Waals surface area contributed by atoms with E-state index in [1.165, 1.54) is 6.92 Å². The van der Waals surface area contributed by atoms with Crippen LogP contribution in [-0.2, 0) is 0 Å². The maximum absolute atomic E-state index is 12.4. The molecule has 0 saturated heterocycles. The van der Waals surface area contributed by atoms with Crippen LogP contribution in [0.4, 0.5) is 8.78 Å². The number of pyridine rings is 1. The summed E-state index contributed by atoms with van der Waals surface area (Å²) >= 11 is 0. The number of hydrogen-bond donors (Lipinski definition) is 1. The molecule has 0 aromatic carbocycles. The second kappa shape index (κ2) is 3.69. The molecular weight excluding hydrogens is 190 g/mol. The molecule has 14 heavy (non-hydrogen) atoms. The van der Waals surface area contributed by atoms with Gasteiger partial charge in [-0.3, -0.25) is 9.78 Å². The van der Waals surface area contributed by atoms with Crippen molar-refractivity contribution in [3.05, 3.63) is 28.6 Å². The van der Waals surface area contributed by atoms with Crippen LogP contribution < -0.4 is 5.73 Å². The van der Waals surface area contributed by atoms with E-state index in [1.54, 1.807) is 6.92 Å². The van der Waals surface area contributed by atoms with Crippen molar-refractivity contribution in [1.82, 2.24) is 4.98 Å². The molecule has 1 amide bonds. The van der Waals surface area contributed by atoms with Crippen molar-refractivity contribution in [2.75, 3.05) is 0 Å². The van der Waals surface area contributed by atoms with Gasteiger partial charge in [0.25, 0.3) is 12.3 Å². The Bertz CT molecular complexity index is 377. The van der Waals surface area contributed by atoms with Crippen molar-refractivity contribution in [3.8, 4) is 0 Å². The smallest absolute Gasteiger partial charge is 0.265 e. The van der Waals surface area contributed by atoms with Crippen LogP contribution in [0.3, 0.4) is 0 Å². The lowest BCUT2D eigenvalue weighted by Gasteiger charge is -2.09. The minimum absolute atomic E-state index is 0.0859. The number of aryl methyl sites for hydroxylation is 1. The minimum atomic E-state index is -2.64. The highest BCUT2D eigenvalue weighted by molar-refractivity contribution is 5.95. The van der Waals surface area contributed by atoms with Crippen molar-refractivity contribution in [2.45, 2.75) is 20.3 Å². The Morgan fingerprint density at radius 2 is 2.07 bits per heavy atom. The molecule has 0 unspecified atom stereocenters. The molecular formula is C9H10F2N2O. The van der Waals surface area contributed by atoms with Crippen LogP contribution in [0.25, 0.3) is 0 Å². The van der Waals surface area contributed by atoms with Gasteiger partial charge in [-0.15, -0.1) is 0 Å². The number of amides is 1. The normalized spacial score (nSPS) is 10.6. The first-order valence-electron chi connectivity index (χ1n) is 3.99. The number of carbonyl (C=O) groups is 1. The summed E-state index contributed by atoms with van der Waals surface area (Å²) in [5.41, 5.74) is 5.48. The summed E-state index contributed by atoms with van der Waals surface area (Å²) in [4.78, 5) is 14.7. The fourth-order valence-electron chi connectivity index (χ4n) is 1.33. The largest absolute Gasteiger partial charge is 0.366 e. The average molecular weight is 200 g/mol. The van der Waals surface area contributed by atoms with Gasteiger partial charge in [0.2, 0.25) is 0 Å². The lowest BCUT2D eigenvalue weighted by atomic mass is 10.0. The van der Waals surface area contributed by atoms with Gasteiger partial charge in [-0.1, -0.05) is 0 Å². The predicted octanol–water partition coefficient (Wildman–Crippen LogP) is 1.73. The molecule has 0 atom stereocenters. The quantitative estimate of drug-likeness (QED) is 0.790. The molecule has 0 fully saturated rings. The van der Waals surface area contributed by atoms with E-state index in [0.717, 1.165) is 6.20 Å². The number of carbonyl (C=O) groups excluding carboxylic acids is 1. The summed E-state index contributed by atoms with van der Waals surface area (Å²) in [6.07, 6.45) is -1.57. The number of rotatable bonds is 2. The fraction of sp³-hybridized carbons (Fsp3) is 0.333. The molecule has 5 heteroatoms. The monoisotopic (exact) mass is 200 g/mol. The van der Waals surface area contributed by atoms with Gasteiger partial charge in [0.15, 0.2) is 0 Å². The Kier molecular flexibility index (Phi) is 2.78. The third-order valence-corrected chi connectivity index (χ3v) is 2.05. The first-order chi connectivity index (χ1) is 6.45. The molecule has 0 bridgehead atoms. The van der Waals surface area contributed by atoms with E-state index in [4.69, 9.17) is 5.73 Å². The van der Waals surface area contributed by atoms with E-state index in [9.17, 15) is 13.6 Å². The van der Waals surface area contributed by atoms with Gasteiger partial charge in [0.05, 0.1) is 11.3 Å². The first kappa shape index (κ1) is 10.6. The summed E-state index contributed by atoms with van der Waals surface area (Å²) in [6.45, 7) is 3.00. The van der Waals surface area contributed by atoms with Gasteiger partial charge in [-0.05, 0) is 19.4 Å². The molecule has 0 aliphatic carbocycles. The predicted molar refractivity (Wildman–Crippen MR) is 47.2 cm³/mol. The first-order valence-corrected chi connectivity index (χ1v) is 3.99. The molecule has 1 rings (SSSR count). The molecule has 76 valence electrons. The van der Waals surface area contributed by atoms with E-state index >= 15 is 0 Å². The van der Waals surface area contributed by atoms with Crippen molar-refractivity contribution in [2.24, 2.45) is 5.73 Å². The summed E-state index contributed by atoms with van der Waals surface area (Å²) in [5, 5.41) is 0. The van der Waals surface area contributed by atoms with E-state index in [2.05, 4.69) is 4.98 Å². The van der Waals surface area contributed by atoms with E-state index in [-0.39, 0.29) is 16.7 Å². The summed E-state index contributed by atoms with van der Waals surface area (Å²) in [5.74, 6) is -0.727. The number of hydrogen-bond acceptors (Lipinski definition) is 2. The molecule has 1 heterocycles. The van der Waals surface area contributed by atoms with Crippen LogP contribution in [0.15, 0.2) is 6.20 Å². The van der Waals surface area contributed by atoms with Gasteiger partial charge in [-0.2, -0.15) is 0 Å². The van der Waals surface area contributed by atoms with E-state index in [0.29, 0.717) is 5.69 Å². The molecule has 0 radical (unpaired) electrons. The third kappa shape index (κ3) is 1.71. The number of nitrogens with two attached hydrogens (primary N) is 1. The third-order valence-electron chi connectivity index (χ3n) is 2.05. The van der Waals surface area contributed by atoms with Crippen molar-refractivity contribution in [3.63, 3.8) is 0 Å². The van der Waals surface area contributed by atoms with Gasteiger partial charge < -0.3 is 5.73 Å². The van der Waals surface area contributed by atoms with Gasteiger partial charge in [-0.25, -0.2) is 8.78 Å². The molecule has 0 saturated carbocycles. The zero-order valence-corrected chi connectivity index (χ0v) is 7.84. The highest BCUT2D eigenvalue weighted by Gasteiger charge is 2.18. The highest BCUT2D eigenvalue weighted by Crippen LogP contribution is 2.24. The number of primary amides is 1. The Morgan fingerprint density at radius 1 is 1.50 bits per heavy atom. The summed E-state index contributed by atoms with van der Waals surface area (Å²) in [6, 6.07) is 0. The Morgan fingerprint density at radius 3 is 2.50 bits per heavy atom. The number of nitrogens with zero attached hydrogens (tertiary/aromatic N) is 1. The van der Waals surface area contributed by atoms with Crippen molar-refractivity contribution < 1.29 is 13.6 Å². The van der Waals surface area contributed by atoms with Crippen LogP contribution in [0, 0.1) is 13.8 Å². The molecule has 2 N–H and O–H groups in total. The lowest BCUT2D eigenvalue weighted by Crippen LogP contribution is -2.16. The lowest BCUT2D eigenvalue weighted by molar-refractivity contribution is 0.0998. The SMILES string of the molecule is Cc1ncc(C(F)F)c(C)c1C(N)=O. The summed E-state index contributed by atoms with van der Waals surface area (Å²) in [7, 11) is 0. The number of aromatic nitrogens is 1. The fourth-order valence-corrected chi connectivity index (χ4v) is 1.33. The Hall–Kier alpha value is -1.52. The van der Waals surface area contributed by atoms with Crippen LogP contribution in [0.1, 0.15) is 33.6 Å². The maximum Gasteiger partial charge on any atom is 0.265 e. The second-order valence-electron chi connectivity index (χ2n) is 2.96. The van der Waals surface area contributed by atoms with E-state index in [1.807, 2.05) is 0 Å². The molecule has 0 aliphatic heterocycles. The van der Waals surface area contributed by atoms with Crippen molar-refractivity contribution >= 4 is 5.91 Å². The summed E-state index contributed by atoms with van der Waals surface area (Å²) < 4.78 is 24.8. The van der Waals surface area contributed by atoms with E-state index < -0.39 is 12.3 Å². The van der Waals surface area contributed by atoms with Gasteiger partial charge >= 0.3 is 0 Å². The Balaban J connectivity index is 3.41. The number of halogens is 2. The Labute approximate surface area is 79.9 Å². The zero-order valence-electron chi connectivity index (χ0n) is 7.84. The standard InChI is InChI=1S/C9H10F2N2O/c1-4-6(8(10)11)3-13-5(2)7(4)9(12)14/h3,8H,1-2H3,(H2,12,14).